The molecule has 3 heterocycles. The molecule has 1 aromatic carbocycles. The molecular weight excluding hydrogens is 487 g/mol. The zero-order valence-corrected chi connectivity index (χ0v) is 20.5. The van der Waals surface area contributed by atoms with E-state index in [2.05, 4.69) is 25.5 Å². The number of nitrogens with one attached hydrogen (secondary N) is 2. The molecule has 0 unspecified atom stereocenters. The summed E-state index contributed by atoms with van der Waals surface area (Å²) in [6.07, 6.45) is 0.449. The second-order valence-electron chi connectivity index (χ2n) is 8.75. The Labute approximate surface area is 212 Å². The summed E-state index contributed by atoms with van der Waals surface area (Å²) in [5.74, 6) is 0.161. The molecule has 1 aliphatic rings. The van der Waals surface area contributed by atoms with Crippen LogP contribution in [0.1, 0.15) is 34.3 Å². The monoisotopic (exact) mass is 515 g/mol. The van der Waals surface area contributed by atoms with Crippen LogP contribution in [0.15, 0.2) is 54.9 Å². The fourth-order valence-corrected chi connectivity index (χ4v) is 4.09. The minimum Gasteiger partial charge on any atom is -0.492 e. The van der Waals surface area contributed by atoms with E-state index in [0.29, 0.717) is 12.4 Å². The van der Waals surface area contributed by atoms with E-state index < -0.39 is 17.6 Å². The molecule has 1 aliphatic heterocycles. The Bertz CT molecular complexity index is 1240. The van der Waals surface area contributed by atoms with Crippen LogP contribution in [-0.4, -0.2) is 54.1 Å². The lowest BCUT2D eigenvalue weighted by atomic mass is 10.1. The van der Waals surface area contributed by atoms with E-state index in [9.17, 15) is 18.0 Å². The SMILES string of the molecule is COc1cc(CNc2ncccc2C(=O)Nc2cc(OC[C@H]3CCCN3C)cc(C(F)(F)F)c2)ccn1. The molecule has 196 valence electrons. The lowest BCUT2D eigenvalue weighted by Gasteiger charge is -2.20. The molecule has 0 bridgehead atoms. The number of likely N-dealkylation sites (N-methyl/N-ethyl adjacent to an activating group) is 1. The lowest BCUT2D eigenvalue weighted by molar-refractivity contribution is -0.137. The van der Waals surface area contributed by atoms with Crippen molar-refractivity contribution in [2.45, 2.75) is 31.6 Å². The number of hydrogen-bond donors (Lipinski definition) is 2. The third kappa shape index (κ3) is 6.88. The summed E-state index contributed by atoms with van der Waals surface area (Å²) in [5, 5.41) is 5.65. The Morgan fingerprint density at radius 2 is 2.00 bits per heavy atom. The number of rotatable bonds is 9. The topological polar surface area (TPSA) is 88.6 Å². The number of hydrogen-bond acceptors (Lipinski definition) is 7. The van der Waals surface area contributed by atoms with Gasteiger partial charge in [0, 0.05) is 42.8 Å². The highest BCUT2D eigenvalue weighted by atomic mass is 19.4. The molecule has 1 saturated heterocycles. The Kier molecular flexibility index (Phi) is 8.12. The fraction of sp³-hybridized carbons (Fsp3) is 0.346. The number of carbonyl (C=O) groups is 1. The first kappa shape index (κ1) is 26.2. The second-order valence-corrected chi connectivity index (χ2v) is 8.75. The van der Waals surface area contributed by atoms with Crippen molar-refractivity contribution in [1.82, 2.24) is 14.9 Å². The highest BCUT2D eigenvalue weighted by Crippen LogP contribution is 2.35. The number of carbonyl (C=O) groups excluding carboxylic acids is 1. The smallest absolute Gasteiger partial charge is 0.416 e. The van der Waals surface area contributed by atoms with Crippen LogP contribution < -0.4 is 20.1 Å². The van der Waals surface area contributed by atoms with Gasteiger partial charge in [0.1, 0.15) is 18.2 Å². The highest BCUT2D eigenvalue weighted by molar-refractivity contribution is 6.07. The summed E-state index contributed by atoms with van der Waals surface area (Å²) in [7, 11) is 3.47. The first-order valence-corrected chi connectivity index (χ1v) is 11.8. The number of ether oxygens (including phenoxy) is 2. The van der Waals surface area contributed by atoms with Crippen molar-refractivity contribution in [2.75, 3.05) is 37.9 Å². The molecule has 2 N–H and O–H groups in total. The summed E-state index contributed by atoms with van der Waals surface area (Å²) < 4.78 is 51.6. The summed E-state index contributed by atoms with van der Waals surface area (Å²) in [6.45, 7) is 1.52. The van der Waals surface area contributed by atoms with Gasteiger partial charge in [-0.2, -0.15) is 13.2 Å². The number of nitrogens with zero attached hydrogens (tertiary/aromatic N) is 3. The van der Waals surface area contributed by atoms with Crippen LogP contribution in [0.2, 0.25) is 0 Å². The minimum absolute atomic E-state index is 0.0247. The van der Waals surface area contributed by atoms with E-state index in [1.165, 1.54) is 19.4 Å². The number of alkyl halides is 3. The van der Waals surface area contributed by atoms with Crippen LogP contribution in [0.5, 0.6) is 11.6 Å². The van der Waals surface area contributed by atoms with Crippen molar-refractivity contribution in [3.05, 3.63) is 71.5 Å². The summed E-state index contributed by atoms with van der Waals surface area (Å²) in [5.41, 5.74) is 0.0898. The average molecular weight is 516 g/mol. The van der Waals surface area contributed by atoms with Crippen molar-refractivity contribution < 1.29 is 27.4 Å². The van der Waals surface area contributed by atoms with Crippen molar-refractivity contribution in [2.24, 2.45) is 0 Å². The van der Waals surface area contributed by atoms with Gasteiger partial charge in [-0.3, -0.25) is 4.79 Å². The van der Waals surface area contributed by atoms with Crippen LogP contribution >= 0.6 is 0 Å². The quantitative estimate of drug-likeness (QED) is 0.422. The standard InChI is InChI=1S/C26H28F3N5O3/c1-34-10-4-5-20(34)16-37-21-13-18(26(27,28)29)12-19(14-21)33-25(35)22-6-3-8-31-24(22)32-15-17-7-9-30-23(11-17)36-2/h3,6-9,11-14,20H,4-5,10,15-16H2,1-2H3,(H,31,32)(H,33,35)/t20-/m1/s1. The molecule has 0 aliphatic carbocycles. The van der Waals surface area contributed by atoms with E-state index in [-0.39, 0.29) is 35.5 Å². The number of likely N-dealkylation sites (tertiary alicyclic amines) is 1. The Morgan fingerprint density at radius 1 is 1.16 bits per heavy atom. The van der Waals surface area contributed by atoms with Crippen molar-refractivity contribution in [3.8, 4) is 11.6 Å². The third-order valence-corrected chi connectivity index (χ3v) is 6.13. The second kappa shape index (κ2) is 11.5. The Hall–Kier alpha value is -3.86. The van der Waals surface area contributed by atoms with E-state index >= 15 is 0 Å². The predicted octanol–water partition coefficient (Wildman–Crippen LogP) is 4.84. The number of aromatic nitrogens is 2. The van der Waals surface area contributed by atoms with Gasteiger partial charge in [-0.15, -0.1) is 0 Å². The molecule has 1 fully saturated rings. The van der Waals surface area contributed by atoms with Crippen LogP contribution in [0.4, 0.5) is 24.7 Å². The summed E-state index contributed by atoms with van der Waals surface area (Å²) in [6, 6.07) is 10.0. The van der Waals surface area contributed by atoms with Gasteiger partial charge < -0.3 is 25.0 Å². The molecule has 11 heteroatoms. The maximum Gasteiger partial charge on any atom is 0.416 e. The van der Waals surface area contributed by atoms with Crippen molar-refractivity contribution in [3.63, 3.8) is 0 Å². The van der Waals surface area contributed by atoms with Gasteiger partial charge in [-0.05, 0) is 62.3 Å². The third-order valence-electron chi connectivity index (χ3n) is 6.13. The van der Waals surface area contributed by atoms with E-state index in [1.807, 2.05) is 7.05 Å². The van der Waals surface area contributed by atoms with E-state index in [0.717, 1.165) is 37.1 Å². The lowest BCUT2D eigenvalue weighted by Crippen LogP contribution is -2.30. The zero-order valence-electron chi connectivity index (χ0n) is 20.5. The number of pyridine rings is 2. The van der Waals surface area contributed by atoms with Crippen LogP contribution in [0.3, 0.4) is 0 Å². The zero-order chi connectivity index (χ0) is 26.4. The molecule has 3 aromatic rings. The van der Waals surface area contributed by atoms with Gasteiger partial charge in [0.15, 0.2) is 0 Å². The Balaban J connectivity index is 1.50. The first-order chi connectivity index (χ1) is 17.7. The average Bonchev–Trinajstić information content (AvgIpc) is 3.30. The number of methoxy groups -OCH3 is 1. The van der Waals surface area contributed by atoms with E-state index in [1.54, 1.807) is 30.5 Å². The largest absolute Gasteiger partial charge is 0.492 e. The predicted molar refractivity (Wildman–Crippen MR) is 133 cm³/mol. The van der Waals surface area contributed by atoms with Gasteiger partial charge in [0.05, 0.1) is 18.2 Å². The number of anilines is 2. The summed E-state index contributed by atoms with van der Waals surface area (Å²) in [4.78, 5) is 23.5. The molecule has 0 saturated carbocycles. The first-order valence-electron chi connectivity index (χ1n) is 11.8. The van der Waals surface area contributed by atoms with Gasteiger partial charge in [0.2, 0.25) is 5.88 Å². The highest BCUT2D eigenvalue weighted by Gasteiger charge is 2.32. The van der Waals surface area contributed by atoms with Gasteiger partial charge in [0.25, 0.3) is 5.91 Å². The van der Waals surface area contributed by atoms with Crippen LogP contribution in [0.25, 0.3) is 0 Å². The molecule has 0 radical (unpaired) electrons. The van der Waals surface area contributed by atoms with Gasteiger partial charge >= 0.3 is 6.18 Å². The van der Waals surface area contributed by atoms with Gasteiger partial charge in [-0.1, -0.05) is 0 Å². The number of halogens is 3. The fourth-order valence-electron chi connectivity index (χ4n) is 4.09. The number of benzene rings is 1. The summed E-state index contributed by atoms with van der Waals surface area (Å²) >= 11 is 0. The molecule has 0 spiro atoms. The molecule has 4 rings (SSSR count). The molecule has 1 amide bonds. The van der Waals surface area contributed by atoms with Crippen molar-refractivity contribution >= 4 is 17.4 Å². The van der Waals surface area contributed by atoms with Gasteiger partial charge in [-0.25, -0.2) is 9.97 Å². The minimum atomic E-state index is -4.60. The molecular formula is C26H28F3N5O3. The molecule has 1 atom stereocenters. The van der Waals surface area contributed by atoms with E-state index in [4.69, 9.17) is 9.47 Å². The van der Waals surface area contributed by atoms with Crippen LogP contribution in [0, 0.1) is 0 Å². The molecule has 2 aromatic heterocycles. The number of amides is 1. The normalized spacial score (nSPS) is 15.9. The molecule has 8 nitrogen and oxygen atoms in total. The van der Waals surface area contributed by atoms with Crippen LogP contribution in [-0.2, 0) is 12.7 Å². The molecule has 37 heavy (non-hydrogen) atoms. The maximum absolute atomic E-state index is 13.6. The maximum atomic E-state index is 13.6. The van der Waals surface area contributed by atoms with Crippen molar-refractivity contribution in [1.29, 1.82) is 0 Å². The Morgan fingerprint density at radius 3 is 2.73 bits per heavy atom.